The molecule has 4 rings (SSSR count). The largest absolute Gasteiger partial charge is 0.454 e. The molecule has 2 aromatic rings. The van der Waals surface area contributed by atoms with Gasteiger partial charge < -0.3 is 19.7 Å². The standard InChI is InChI=1S/C22H20Cl2N2O4/c23-16-2-4-18(24)15(11-16)1-6-21(27)26-9-7-14(8-10-26)22(28)25-17-3-5-19-20(12-17)30-13-29-19/h1-6,11-12,14H,7-10,13H2,(H,25,28)/b6-1+. The zero-order valence-corrected chi connectivity index (χ0v) is 17.6. The van der Waals surface area contributed by atoms with Gasteiger partial charge in [0.05, 0.1) is 0 Å². The van der Waals surface area contributed by atoms with Crippen LogP contribution >= 0.6 is 23.2 Å². The van der Waals surface area contributed by atoms with Gasteiger partial charge in [-0.2, -0.15) is 0 Å². The first-order chi connectivity index (χ1) is 14.5. The van der Waals surface area contributed by atoms with Crippen molar-refractivity contribution in [3.05, 3.63) is 58.1 Å². The maximum atomic E-state index is 12.6. The maximum Gasteiger partial charge on any atom is 0.246 e. The van der Waals surface area contributed by atoms with Crippen LogP contribution in [0.3, 0.4) is 0 Å². The Labute approximate surface area is 184 Å². The number of ether oxygens (including phenoxy) is 2. The molecule has 8 heteroatoms. The Kier molecular flexibility index (Phi) is 6.16. The number of anilines is 1. The summed E-state index contributed by atoms with van der Waals surface area (Å²) < 4.78 is 10.6. The van der Waals surface area contributed by atoms with Crippen molar-refractivity contribution >= 4 is 46.8 Å². The summed E-state index contributed by atoms with van der Waals surface area (Å²) in [6.07, 6.45) is 4.36. The van der Waals surface area contributed by atoms with Crippen LogP contribution in [0, 0.1) is 5.92 Å². The highest BCUT2D eigenvalue weighted by atomic mass is 35.5. The second kappa shape index (κ2) is 8.98. The Balaban J connectivity index is 1.30. The van der Waals surface area contributed by atoms with Crippen LogP contribution in [-0.4, -0.2) is 36.6 Å². The van der Waals surface area contributed by atoms with Gasteiger partial charge in [0.1, 0.15) is 0 Å². The SMILES string of the molecule is O=C(Nc1ccc2c(c1)OCO2)C1CCN(C(=O)/C=C/c2cc(Cl)ccc2Cl)CC1. The Bertz CT molecular complexity index is 1000. The molecule has 1 N–H and O–H groups in total. The van der Waals surface area contributed by atoms with E-state index in [9.17, 15) is 9.59 Å². The van der Waals surface area contributed by atoms with Gasteiger partial charge in [0.15, 0.2) is 11.5 Å². The number of halogens is 2. The summed E-state index contributed by atoms with van der Waals surface area (Å²) >= 11 is 12.1. The molecule has 0 unspecified atom stereocenters. The lowest BCUT2D eigenvalue weighted by atomic mass is 9.95. The van der Waals surface area contributed by atoms with Crippen molar-refractivity contribution in [3.63, 3.8) is 0 Å². The van der Waals surface area contributed by atoms with Crippen LogP contribution in [0.5, 0.6) is 11.5 Å². The Morgan fingerprint density at radius 2 is 1.80 bits per heavy atom. The second-order valence-electron chi connectivity index (χ2n) is 7.16. The lowest BCUT2D eigenvalue weighted by molar-refractivity contribution is -0.130. The van der Waals surface area contributed by atoms with Crippen molar-refractivity contribution in [2.45, 2.75) is 12.8 Å². The predicted molar refractivity (Wildman–Crippen MR) is 116 cm³/mol. The van der Waals surface area contributed by atoms with E-state index in [1.165, 1.54) is 6.08 Å². The molecule has 2 heterocycles. The number of piperidine rings is 1. The number of likely N-dealkylation sites (tertiary alicyclic amines) is 1. The summed E-state index contributed by atoms with van der Waals surface area (Å²) in [5, 5.41) is 4.01. The van der Waals surface area contributed by atoms with Crippen LogP contribution in [0.15, 0.2) is 42.5 Å². The summed E-state index contributed by atoms with van der Waals surface area (Å²) in [4.78, 5) is 26.8. The van der Waals surface area contributed by atoms with E-state index in [0.717, 1.165) is 0 Å². The molecule has 156 valence electrons. The van der Waals surface area contributed by atoms with Crippen molar-refractivity contribution in [2.24, 2.45) is 5.92 Å². The average Bonchev–Trinajstić information content (AvgIpc) is 3.22. The fourth-order valence-electron chi connectivity index (χ4n) is 3.49. The van der Waals surface area contributed by atoms with Crippen LogP contribution in [0.25, 0.3) is 6.08 Å². The number of benzene rings is 2. The van der Waals surface area contributed by atoms with Crippen molar-refractivity contribution in [1.29, 1.82) is 0 Å². The first-order valence-corrected chi connectivity index (χ1v) is 10.4. The smallest absolute Gasteiger partial charge is 0.246 e. The van der Waals surface area contributed by atoms with E-state index in [-0.39, 0.29) is 24.5 Å². The molecule has 0 aromatic heterocycles. The molecule has 30 heavy (non-hydrogen) atoms. The number of nitrogens with zero attached hydrogens (tertiary/aromatic N) is 1. The third-order valence-electron chi connectivity index (χ3n) is 5.18. The first-order valence-electron chi connectivity index (χ1n) is 9.62. The second-order valence-corrected chi connectivity index (χ2v) is 8.00. The number of carbonyl (C=O) groups excluding carboxylic acids is 2. The summed E-state index contributed by atoms with van der Waals surface area (Å²) in [7, 11) is 0. The van der Waals surface area contributed by atoms with E-state index in [4.69, 9.17) is 32.7 Å². The first kappa shape index (κ1) is 20.6. The fraction of sp³-hybridized carbons (Fsp3) is 0.273. The molecule has 0 spiro atoms. The number of hydrogen-bond donors (Lipinski definition) is 1. The van der Waals surface area contributed by atoms with Gasteiger partial charge in [-0.1, -0.05) is 23.2 Å². The minimum Gasteiger partial charge on any atom is -0.454 e. The number of rotatable bonds is 4. The van der Waals surface area contributed by atoms with Gasteiger partial charge in [-0.3, -0.25) is 9.59 Å². The van der Waals surface area contributed by atoms with E-state index < -0.39 is 0 Å². The summed E-state index contributed by atoms with van der Waals surface area (Å²) in [6, 6.07) is 10.4. The average molecular weight is 447 g/mol. The minimum absolute atomic E-state index is 0.0535. The normalized spacial score (nSPS) is 16.1. The monoisotopic (exact) mass is 446 g/mol. The maximum absolute atomic E-state index is 12.6. The van der Waals surface area contributed by atoms with E-state index in [1.807, 2.05) is 0 Å². The highest BCUT2D eigenvalue weighted by Crippen LogP contribution is 2.34. The van der Waals surface area contributed by atoms with Gasteiger partial charge in [-0.15, -0.1) is 0 Å². The topological polar surface area (TPSA) is 67.9 Å². The number of amides is 2. The Hall–Kier alpha value is -2.70. The molecule has 1 saturated heterocycles. The van der Waals surface area contributed by atoms with Crippen molar-refractivity contribution in [1.82, 2.24) is 4.90 Å². The summed E-state index contributed by atoms with van der Waals surface area (Å²) in [5.41, 5.74) is 1.36. The highest BCUT2D eigenvalue weighted by Gasteiger charge is 2.27. The lowest BCUT2D eigenvalue weighted by Gasteiger charge is -2.30. The van der Waals surface area contributed by atoms with Crippen LogP contribution < -0.4 is 14.8 Å². The highest BCUT2D eigenvalue weighted by molar-refractivity contribution is 6.34. The van der Waals surface area contributed by atoms with Gasteiger partial charge in [0, 0.05) is 46.9 Å². The van der Waals surface area contributed by atoms with E-state index in [2.05, 4.69) is 5.32 Å². The zero-order valence-electron chi connectivity index (χ0n) is 16.1. The van der Waals surface area contributed by atoms with Crippen molar-refractivity contribution < 1.29 is 19.1 Å². The molecular formula is C22H20Cl2N2O4. The van der Waals surface area contributed by atoms with E-state index in [0.29, 0.717) is 58.7 Å². The van der Waals surface area contributed by atoms with Crippen LogP contribution in [0.4, 0.5) is 5.69 Å². The molecule has 0 atom stereocenters. The molecule has 0 saturated carbocycles. The molecule has 2 aromatic carbocycles. The Morgan fingerprint density at radius 1 is 1.03 bits per heavy atom. The number of nitrogens with one attached hydrogen (secondary N) is 1. The van der Waals surface area contributed by atoms with Gasteiger partial charge >= 0.3 is 0 Å². The van der Waals surface area contributed by atoms with Gasteiger partial charge in [-0.05, 0) is 54.8 Å². The third kappa shape index (κ3) is 4.71. The lowest BCUT2D eigenvalue weighted by Crippen LogP contribution is -2.40. The molecule has 0 bridgehead atoms. The van der Waals surface area contributed by atoms with Crippen LogP contribution in [-0.2, 0) is 9.59 Å². The van der Waals surface area contributed by atoms with E-state index in [1.54, 1.807) is 47.4 Å². The van der Waals surface area contributed by atoms with Gasteiger partial charge in [0.2, 0.25) is 18.6 Å². The number of fused-ring (bicyclic) bond motifs is 1. The molecule has 0 radical (unpaired) electrons. The van der Waals surface area contributed by atoms with Gasteiger partial charge in [0.25, 0.3) is 0 Å². The molecule has 2 amide bonds. The molecule has 2 aliphatic rings. The number of hydrogen-bond acceptors (Lipinski definition) is 4. The summed E-state index contributed by atoms with van der Waals surface area (Å²) in [5.74, 6) is 0.987. The van der Waals surface area contributed by atoms with Crippen LogP contribution in [0.2, 0.25) is 10.0 Å². The van der Waals surface area contributed by atoms with Crippen molar-refractivity contribution in [2.75, 3.05) is 25.2 Å². The zero-order chi connectivity index (χ0) is 21.1. The van der Waals surface area contributed by atoms with Crippen molar-refractivity contribution in [3.8, 4) is 11.5 Å². The quantitative estimate of drug-likeness (QED) is 0.696. The molecule has 1 fully saturated rings. The molecule has 0 aliphatic carbocycles. The molecule has 2 aliphatic heterocycles. The number of carbonyl (C=O) groups is 2. The summed E-state index contributed by atoms with van der Waals surface area (Å²) in [6.45, 7) is 1.23. The fourth-order valence-corrected chi connectivity index (χ4v) is 3.85. The third-order valence-corrected chi connectivity index (χ3v) is 5.76. The van der Waals surface area contributed by atoms with Gasteiger partial charge in [-0.25, -0.2) is 0 Å². The van der Waals surface area contributed by atoms with E-state index >= 15 is 0 Å². The molecular weight excluding hydrogens is 427 g/mol. The predicted octanol–water partition coefficient (Wildman–Crippen LogP) is 4.61. The molecule has 6 nitrogen and oxygen atoms in total. The Morgan fingerprint density at radius 3 is 2.60 bits per heavy atom. The minimum atomic E-state index is -0.147. The van der Waals surface area contributed by atoms with Crippen LogP contribution in [0.1, 0.15) is 18.4 Å².